The van der Waals surface area contributed by atoms with E-state index >= 15 is 0 Å². The topological polar surface area (TPSA) is 85.7 Å². The number of hydrogen-bond acceptors (Lipinski definition) is 5. The van der Waals surface area contributed by atoms with Gasteiger partial charge < -0.3 is 14.1 Å². The summed E-state index contributed by atoms with van der Waals surface area (Å²) in [5, 5.41) is 4.67. The SMILES string of the molecule is CCOC(=O)c1c(C(C)CO[Si](C(C)C)(C(C)C)C(C)C)nn2c(=O)cc(-c3ccc(C4CCCCC4)cc3)[nH]c12. The molecule has 4 rings (SSSR count). The first-order chi connectivity index (χ1) is 19.5. The molecule has 3 aromatic rings. The van der Waals surface area contributed by atoms with E-state index in [9.17, 15) is 9.59 Å². The van der Waals surface area contributed by atoms with Gasteiger partial charge in [0.25, 0.3) is 5.56 Å². The van der Waals surface area contributed by atoms with E-state index in [0.29, 0.717) is 51.7 Å². The van der Waals surface area contributed by atoms with Crippen molar-refractivity contribution >= 4 is 19.9 Å². The zero-order chi connectivity index (χ0) is 29.9. The molecular weight excluding hydrogens is 530 g/mol. The number of rotatable bonds is 11. The minimum Gasteiger partial charge on any atom is -0.462 e. The Balaban J connectivity index is 1.72. The standard InChI is InChI=1S/C33H49N3O4Si/c1-9-39-33(38)30-31(24(8)20-40-41(21(2)3,22(4)5)23(6)7)35-36-29(37)19-28(34-32(30)36)27-17-15-26(16-18-27)25-13-11-10-12-14-25/h15-19,21-25,34H,9-14,20H2,1-8H3. The van der Waals surface area contributed by atoms with Crippen LogP contribution in [0.25, 0.3) is 16.9 Å². The van der Waals surface area contributed by atoms with Crippen LogP contribution in [0.15, 0.2) is 35.1 Å². The molecule has 224 valence electrons. The summed E-state index contributed by atoms with van der Waals surface area (Å²) in [6.07, 6.45) is 6.37. The number of ether oxygens (including phenoxy) is 1. The zero-order valence-corrected chi connectivity index (χ0v) is 27.3. The maximum absolute atomic E-state index is 13.3. The summed E-state index contributed by atoms with van der Waals surface area (Å²) in [5.74, 6) is -0.0759. The number of nitrogens with one attached hydrogen (secondary N) is 1. The van der Waals surface area contributed by atoms with Gasteiger partial charge in [-0.2, -0.15) is 9.61 Å². The van der Waals surface area contributed by atoms with Crippen molar-refractivity contribution in [3.63, 3.8) is 0 Å². The highest BCUT2D eigenvalue weighted by molar-refractivity contribution is 6.77. The van der Waals surface area contributed by atoms with Gasteiger partial charge in [-0.1, -0.05) is 92.0 Å². The molecule has 2 heterocycles. The lowest BCUT2D eigenvalue weighted by Crippen LogP contribution is -2.48. The molecule has 0 radical (unpaired) electrons. The summed E-state index contributed by atoms with van der Waals surface area (Å²) >= 11 is 0. The number of benzene rings is 1. The molecule has 1 aliphatic carbocycles. The van der Waals surface area contributed by atoms with Crippen LogP contribution < -0.4 is 5.56 Å². The van der Waals surface area contributed by atoms with Gasteiger partial charge in [0.05, 0.1) is 18.0 Å². The average molecular weight is 580 g/mol. The summed E-state index contributed by atoms with van der Waals surface area (Å²) < 4.78 is 13.6. The number of fused-ring (bicyclic) bond motifs is 1. The Morgan fingerprint density at radius 2 is 1.61 bits per heavy atom. The molecule has 1 atom stereocenters. The molecule has 0 amide bonds. The first-order valence-corrected chi connectivity index (χ1v) is 17.7. The Morgan fingerprint density at radius 1 is 1.00 bits per heavy atom. The van der Waals surface area contributed by atoms with Crippen LogP contribution in [0.2, 0.25) is 16.6 Å². The third-order valence-corrected chi connectivity index (χ3v) is 15.3. The lowest BCUT2D eigenvalue weighted by molar-refractivity contribution is 0.0526. The second-order valence-corrected chi connectivity index (χ2v) is 18.2. The predicted octanol–water partition coefficient (Wildman–Crippen LogP) is 8.21. The first kappa shape index (κ1) is 31.2. The van der Waals surface area contributed by atoms with E-state index < -0.39 is 14.3 Å². The maximum atomic E-state index is 13.3. The number of hydrogen-bond donors (Lipinski definition) is 1. The van der Waals surface area contributed by atoms with Crippen molar-refractivity contribution < 1.29 is 14.0 Å². The van der Waals surface area contributed by atoms with E-state index in [1.807, 2.05) is 6.92 Å². The molecule has 1 unspecified atom stereocenters. The molecule has 8 heteroatoms. The van der Waals surface area contributed by atoms with Gasteiger partial charge in [-0.3, -0.25) is 4.79 Å². The third kappa shape index (κ3) is 6.24. The second kappa shape index (κ2) is 13.1. The molecule has 1 saturated carbocycles. The lowest BCUT2D eigenvalue weighted by Gasteiger charge is -2.42. The fourth-order valence-electron chi connectivity index (χ4n) is 7.18. The van der Waals surface area contributed by atoms with Gasteiger partial charge in [-0.25, -0.2) is 4.79 Å². The van der Waals surface area contributed by atoms with Crippen LogP contribution in [0.5, 0.6) is 0 Å². The number of nitrogens with zero attached hydrogens (tertiary/aromatic N) is 2. The van der Waals surface area contributed by atoms with Crippen molar-refractivity contribution in [2.45, 2.75) is 116 Å². The maximum Gasteiger partial charge on any atom is 0.343 e. The molecular formula is C33H49N3O4Si. The Morgan fingerprint density at radius 3 is 2.17 bits per heavy atom. The highest BCUT2D eigenvalue weighted by atomic mass is 28.4. The van der Waals surface area contributed by atoms with Gasteiger partial charge in [0.2, 0.25) is 0 Å². The van der Waals surface area contributed by atoms with Crippen molar-refractivity contribution in [1.29, 1.82) is 0 Å². The van der Waals surface area contributed by atoms with E-state index in [1.54, 1.807) is 13.0 Å². The summed E-state index contributed by atoms with van der Waals surface area (Å²) in [5.41, 5.74) is 5.15. The first-order valence-electron chi connectivity index (χ1n) is 15.6. The van der Waals surface area contributed by atoms with Gasteiger partial charge in [0.1, 0.15) is 5.56 Å². The highest BCUT2D eigenvalue weighted by Gasteiger charge is 2.45. The molecule has 1 aliphatic rings. The van der Waals surface area contributed by atoms with Crippen molar-refractivity contribution in [2.24, 2.45) is 0 Å². The Labute approximate surface area is 246 Å². The van der Waals surface area contributed by atoms with Crippen LogP contribution in [0, 0.1) is 0 Å². The van der Waals surface area contributed by atoms with Gasteiger partial charge >= 0.3 is 5.97 Å². The normalized spacial score (nSPS) is 15.8. The molecule has 41 heavy (non-hydrogen) atoms. The van der Waals surface area contributed by atoms with Crippen LogP contribution in [0.1, 0.15) is 121 Å². The Bertz CT molecular complexity index is 1360. The molecule has 1 fully saturated rings. The van der Waals surface area contributed by atoms with E-state index in [2.05, 4.69) is 75.9 Å². The number of aromatic nitrogens is 3. The van der Waals surface area contributed by atoms with E-state index in [1.165, 1.54) is 42.2 Å². The van der Waals surface area contributed by atoms with Crippen LogP contribution >= 0.6 is 0 Å². The quantitative estimate of drug-likeness (QED) is 0.183. The Hall–Kier alpha value is -2.71. The molecule has 2 aromatic heterocycles. The largest absolute Gasteiger partial charge is 0.462 e. The molecule has 7 nitrogen and oxygen atoms in total. The number of esters is 1. The molecule has 0 spiro atoms. The second-order valence-electron chi connectivity index (χ2n) is 12.7. The summed E-state index contributed by atoms with van der Waals surface area (Å²) in [7, 11) is -2.12. The molecule has 0 aliphatic heterocycles. The van der Waals surface area contributed by atoms with Crippen LogP contribution in [0.4, 0.5) is 0 Å². The molecule has 0 saturated heterocycles. The average Bonchev–Trinajstić information content (AvgIpc) is 3.34. The van der Waals surface area contributed by atoms with Crippen LogP contribution in [-0.2, 0) is 9.16 Å². The van der Waals surface area contributed by atoms with Crippen LogP contribution in [-0.4, -0.2) is 42.1 Å². The smallest absolute Gasteiger partial charge is 0.343 e. The van der Waals surface area contributed by atoms with Crippen molar-refractivity contribution in [1.82, 2.24) is 14.6 Å². The summed E-state index contributed by atoms with van der Waals surface area (Å²) in [6, 6.07) is 10.0. The number of carbonyl (C=O) groups excluding carboxylic acids is 1. The van der Waals surface area contributed by atoms with Gasteiger partial charge in [-0.15, -0.1) is 0 Å². The zero-order valence-electron chi connectivity index (χ0n) is 26.3. The fraction of sp³-hybridized carbons (Fsp3) is 0.606. The van der Waals surface area contributed by atoms with E-state index in [0.717, 1.165) is 5.56 Å². The summed E-state index contributed by atoms with van der Waals surface area (Å²) in [4.78, 5) is 30.0. The molecule has 0 bridgehead atoms. The van der Waals surface area contributed by atoms with Crippen molar-refractivity contribution in [3.05, 3.63) is 57.5 Å². The third-order valence-electron chi connectivity index (χ3n) is 9.18. The minimum atomic E-state index is -2.12. The van der Waals surface area contributed by atoms with Crippen molar-refractivity contribution in [3.8, 4) is 11.3 Å². The number of carbonyl (C=O) groups is 1. The number of aromatic amines is 1. The van der Waals surface area contributed by atoms with Gasteiger partial charge in [0.15, 0.2) is 14.0 Å². The fourth-order valence-corrected chi connectivity index (χ4v) is 12.7. The molecule has 1 aromatic carbocycles. The van der Waals surface area contributed by atoms with Gasteiger partial charge in [0, 0.05) is 18.6 Å². The molecule has 1 N–H and O–H groups in total. The van der Waals surface area contributed by atoms with E-state index in [4.69, 9.17) is 9.16 Å². The van der Waals surface area contributed by atoms with E-state index in [-0.39, 0.29) is 18.1 Å². The summed E-state index contributed by atoms with van der Waals surface area (Å²) in [6.45, 7) is 18.0. The minimum absolute atomic E-state index is 0.205. The van der Waals surface area contributed by atoms with Gasteiger partial charge in [-0.05, 0) is 53.4 Å². The Kier molecular flexibility index (Phi) is 9.96. The highest BCUT2D eigenvalue weighted by Crippen LogP contribution is 2.43. The number of H-pyrrole nitrogens is 1. The predicted molar refractivity (Wildman–Crippen MR) is 168 cm³/mol. The van der Waals surface area contributed by atoms with Crippen LogP contribution in [0.3, 0.4) is 0 Å². The monoisotopic (exact) mass is 579 g/mol. The van der Waals surface area contributed by atoms with Crippen molar-refractivity contribution in [2.75, 3.05) is 13.2 Å². The lowest BCUT2D eigenvalue weighted by atomic mass is 9.84.